The Bertz CT molecular complexity index is 1310. The number of fused-ring (bicyclic) bond motifs is 1. The molecule has 146 valence electrons. The maximum atomic E-state index is 12.9. The number of thiazole rings is 1. The van der Waals surface area contributed by atoms with Crippen molar-refractivity contribution in [3.05, 3.63) is 82.4 Å². The van der Waals surface area contributed by atoms with Crippen LogP contribution in [-0.2, 0) is 10.1 Å². The molecule has 29 heavy (non-hydrogen) atoms. The fourth-order valence-electron chi connectivity index (χ4n) is 2.84. The van der Waals surface area contributed by atoms with Crippen LogP contribution in [0.5, 0.6) is 5.75 Å². The quantitative estimate of drug-likeness (QED) is 0.254. The zero-order chi connectivity index (χ0) is 20.6. The van der Waals surface area contributed by atoms with Gasteiger partial charge in [-0.15, -0.1) is 11.3 Å². The predicted octanol–water partition coefficient (Wildman–Crippen LogP) is 4.95. The fraction of sp³-hybridized carbons (Fsp3) is 0.0500. The largest absolute Gasteiger partial charge is 0.378 e. The third-order valence-corrected chi connectivity index (χ3v) is 6.71. The molecule has 0 fully saturated rings. The van der Waals surface area contributed by atoms with Crippen LogP contribution in [0.2, 0.25) is 0 Å². The topological polar surface area (TPSA) is 99.4 Å². The molecule has 0 amide bonds. The lowest BCUT2D eigenvalue weighted by Crippen LogP contribution is -2.12. The molecule has 0 aliphatic rings. The molecule has 0 saturated carbocycles. The SMILES string of the molecule is Cc1ccc([N+](=O)[O-])cc1S(=O)(=O)Oc1ccccc1-c1nc2ccccc2s1. The van der Waals surface area contributed by atoms with Gasteiger partial charge in [-0.3, -0.25) is 10.1 Å². The highest BCUT2D eigenvalue weighted by Crippen LogP contribution is 2.37. The number of nitro groups is 1. The average molecular weight is 426 g/mol. The Labute approximate surface area is 170 Å². The molecule has 0 aliphatic heterocycles. The molecule has 0 bridgehead atoms. The first-order chi connectivity index (χ1) is 13.8. The van der Waals surface area contributed by atoms with E-state index in [0.717, 1.165) is 16.3 Å². The summed E-state index contributed by atoms with van der Waals surface area (Å²) in [5, 5.41) is 11.7. The van der Waals surface area contributed by atoms with E-state index in [1.165, 1.54) is 29.5 Å². The highest BCUT2D eigenvalue weighted by molar-refractivity contribution is 7.87. The van der Waals surface area contributed by atoms with Crippen molar-refractivity contribution in [3.8, 4) is 16.3 Å². The van der Waals surface area contributed by atoms with Crippen molar-refractivity contribution in [1.29, 1.82) is 0 Å². The van der Waals surface area contributed by atoms with Gasteiger partial charge in [0.2, 0.25) is 0 Å². The van der Waals surface area contributed by atoms with Crippen molar-refractivity contribution < 1.29 is 17.5 Å². The number of non-ortho nitro benzene ring substituents is 1. The summed E-state index contributed by atoms with van der Waals surface area (Å²) in [7, 11) is -4.29. The van der Waals surface area contributed by atoms with Crippen LogP contribution in [0.25, 0.3) is 20.8 Å². The Hall–Kier alpha value is -3.30. The van der Waals surface area contributed by atoms with Crippen molar-refractivity contribution in [2.24, 2.45) is 0 Å². The third kappa shape index (κ3) is 3.69. The van der Waals surface area contributed by atoms with Gasteiger partial charge in [0.15, 0.2) is 5.75 Å². The van der Waals surface area contributed by atoms with Gasteiger partial charge in [0, 0.05) is 12.1 Å². The monoisotopic (exact) mass is 426 g/mol. The van der Waals surface area contributed by atoms with Crippen LogP contribution in [0.3, 0.4) is 0 Å². The van der Waals surface area contributed by atoms with Gasteiger partial charge in [0.25, 0.3) is 5.69 Å². The number of hydrogen-bond acceptors (Lipinski definition) is 7. The van der Waals surface area contributed by atoms with E-state index in [2.05, 4.69) is 4.98 Å². The van der Waals surface area contributed by atoms with Gasteiger partial charge in [-0.2, -0.15) is 8.42 Å². The van der Waals surface area contributed by atoms with E-state index in [1.54, 1.807) is 25.1 Å². The Balaban J connectivity index is 1.77. The van der Waals surface area contributed by atoms with Gasteiger partial charge in [-0.25, -0.2) is 4.98 Å². The van der Waals surface area contributed by atoms with Crippen molar-refractivity contribution in [3.63, 3.8) is 0 Å². The lowest BCUT2D eigenvalue weighted by atomic mass is 10.2. The first-order valence-electron chi connectivity index (χ1n) is 8.50. The molecule has 0 spiro atoms. The molecule has 9 heteroatoms. The van der Waals surface area contributed by atoms with Gasteiger partial charge in [0.05, 0.1) is 20.7 Å². The Morgan fingerprint density at radius 2 is 1.76 bits per heavy atom. The van der Waals surface area contributed by atoms with E-state index in [-0.39, 0.29) is 16.3 Å². The molecule has 4 aromatic rings. The molecular weight excluding hydrogens is 412 g/mol. The molecular formula is C20H14N2O5S2. The van der Waals surface area contributed by atoms with Crippen molar-refractivity contribution in [1.82, 2.24) is 4.98 Å². The summed E-state index contributed by atoms with van der Waals surface area (Å²) in [5.41, 5.74) is 1.37. The van der Waals surface area contributed by atoms with Crippen molar-refractivity contribution in [2.75, 3.05) is 0 Å². The molecule has 1 heterocycles. The molecule has 7 nitrogen and oxygen atoms in total. The Kier molecular flexibility index (Phi) is 4.77. The molecule has 0 aliphatic carbocycles. The summed E-state index contributed by atoms with van der Waals surface area (Å²) in [4.78, 5) is 14.7. The van der Waals surface area contributed by atoms with E-state index in [9.17, 15) is 18.5 Å². The minimum Gasteiger partial charge on any atom is -0.378 e. The van der Waals surface area contributed by atoms with Crippen LogP contribution in [0.4, 0.5) is 5.69 Å². The van der Waals surface area contributed by atoms with Crippen LogP contribution >= 0.6 is 11.3 Å². The molecule has 4 rings (SSSR count). The Morgan fingerprint density at radius 1 is 1.03 bits per heavy atom. The standard InChI is InChI=1S/C20H14N2O5S2/c1-13-10-11-14(22(23)24)12-19(13)29(25,26)27-17-8-4-2-6-15(17)20-21-16-7-3-5-9-18(16)28-20/h2-12H,1H3. The van der Waals surface area contributed by atoms with E-state index >= 15 is 0 Å². The van der Waals surface area contributed by atoms with E-state index in [4.69, 9.17) is 4.18 Å². The number of nitrogens with zero attached hydrogens (tertiary/aromatic N) is 2. The first kappa shape index (κ1) is 19.0. The first-order valence-corrected chi connectivity index (χ1v) is 10.7. The summed E-state index contributed by atoms with van der Waals surface area (Å²) in [5.74, 6) is 0.109. The van der Waals surface area contributed by atoms with E-state index < -0.39 is 15.0 Å². The minimum atomic E-state index is -4.29. The lowest BCUT2D eigenvalue weighted by Gasteiger charge is -2.11. The number of benzene rings is 3. The van der Waals surface area contributed by atoms with Crippen LogP contribution in [-0.4, -0.2) is 18.3 Å². The molecule has 0 N–H and O–H groups in total. The summed E-state index contributed by atoms with van der Waals surface area (Å²) in [6, 6.07) is 17.9. The van der Waals surface area contributed by atoms with Crippen LogP contribution < -0.4 is 4.18 Å². The number of para-hydroxylation sites is 2. The van der Waals surface area contributed by atoms with Crippen molar-refractivity contribution >= 4 is 37.4 Å². The summed E-state index contributed by atoms with van der Waals surface area (Å²) in [6.07, 6.45) is 0. The third-order valence-electron chi connectivity index (χ3n) is 4.26. The van der Waals surface area contributed by atoms with Crippen molar-refractivity contribution in [2.45, 2.75) is 11.8 Å². The molecule has 1 aromatic heterocycles. The number of hydrogen-bond donors (Lipinski definition) is 0. The molecule has 3 aromatic carbocycles. The van der Waals surface area contributed by atoms with Gasteiger partial charge in [0.1, 0.15) is 9.90 Å². The van der Waals surface area contributed by atoms with Gasteiger partial charge < -0.3 is 4.18 Å². The van der Waals surface area contributed by atoms with Gasteiger partial charge >= 0.3 is 10.1 Å². The fourth-order valence-corrected chi connectivity index (χ4v) is 5.03. The Morgan fingerprint density at radius 3 is 2.52 bits per heavy atom. The van der Waals surface area contributed by atoms with E-state index in [0.29, 0.717) is 16.1 Å². The number of aromatic nitrogens is 1. The summed E-state index contributed by atoms with van der Waals surface area (Å²) in [6.45, 7) is 1.55. The summed E-state index contributed by atoms with van der Waals surface area (Å²) >= 11 is 1.42. The molecule has 0 radical (unpaired) electrons. The van der Waals surface area contributed by atoms with Gasteiger partial charge in [-0.1, -0.05) is 30.3 Å². The highest BCUT2D eigenvalue weighted by Gasteiger charge is 2.24. The van der Waals surface area contributed by atoms with E-state index in [1.807, 2.05) is 24.3 Å². The predicted molar refractivity (Wildman–Crippen MR) is 111 cm³/mol. The second-order valence-electron chi connectivity index (χ2n) is 6.23. The molecule has 0 saturated heterocycles. The molecule has 0 unspecified atom stereocenters. The summed E-state index contributed by atoms with van der Waals surface area (Å²) < 4.78 is 32.2. The second-order valence-corrected chi connectivity index (χ2v) is 8.77. The maximum absolute atomic E-state index is 12.9. The van der Waals surface area contributed by atoms with Crippen LogP contribution in [0.15, 0.2) is 71.6 Å². The molecule has 0 atom stereocenters. The zero-order valence-corrected chi connectivity index (χ0v) is 16.7. The lowest BCUT2D eigenvalue weighted by molar-refractivity contribution is -0.385. The second kappa shape index (κ2) is 7.26. The van der Waals surface area contributed by atoms with Crippen LogP contribution in [0.1, 0.15) is 5.56 Å². The minimum absolute atomic E-state index is 0.109. The number of aryl methyl sites for hydroxylation is 1. The average Bonchev–Trinajstić information content (AvgIpc) is 3.12. The smallest absolute Gasteiger partial charge is 0.339 e. The highest BCUT2D eigenvalue weighted by atomic mass is 32.2. The van der Waals surface area contributed by atoms with Gasteiger partial charge in [-0.05, 0) is 36.8 Å². The zero-order valence-electron chi connectivity index (χ0n) is 15.1. The maximum Gasteiger partial charge on any atom is 0.339 e. The number of nitro benzene ring substituents is 1. The number of rotatable bonds is 5. The van der Waals surface area contributed by atoms with Crippen LogP contribution in [0, 0.1) is 17.0 Å². The normalized spacial score (nSPS) is 11.5.